The molecule has 1 N–H and O–H groups in total. The minimum Gasteiger partial charge on any atom is -0.493 e. The van der Waals surface area contributed by atoms with Crippen LogP contribution in [0.2, 0.25) is 0 Å². The Bertz CT molecular complexity index is 834. The number of nitrogens with one attached hydrogen (secondary N) is 1. The molecule has 136 valence electrons. The lowest BCUT2D eigenvalue weighted by Crippen LogP contribution is -2.38. The molecule has 0 spiro atoms. The molecule has 0 aliphatic carbocycles. The number of carbonyl (C=O) groups excluding carboxylic acids is 2. The quantitative estimate of drug-likeness (QED) is 0.866. The van der Waals surface area contributed by atoms with Crippen LogP contribution in [0.5, 0.6) is 11.5 Å². The van der Waals surface area contributed by atoms with E-state index in [1.54, 1.807) is 12.0 Å². The Morgan fingerprint density at radius 3 is 2.62 bits per heavy atom. The molecule has 0 radical (unpaired) electrons. The molecule has 0 aromatic heterocycles. The zero-order valence-corrected chi connectivity index (χ0v) is 15.1. The first-order valence-corrected chi connectivity index (χ1v) is 8.46. The molecule has 6 nitrogen and oxygen atoms in total. The minimum atomic E-state index is -0.645. The maximum atomic E-state index is 12.8. The molecule has 1 aliphatic rings. The zero-order chi connectivity index (χ0) is 18.7. The molecule has 0 bridgehead atoms. The van der Waals surface area contributed by atoms with Gasteiger partial charge in [0.2, 0.25) is 5.91 Å². The van der Waals surface area contributed by atoms with Gasteiger partial charge in [0, 0.05) is 18.2 Å². The van der Waals surface area contributed by atoms with E-state index in [-0.39, 0.29) is 11.8 Å². The maximum Gasteiger partial charge on any atom is 0.254 e. The van der Waals surface area contributed by atoms with E-state index in [1.807, 2.05) is 49.4 Å². The summed E-state index contributed by atoms with van der Waals surface area (Å²) in [5.74, 6) is 0.893. The second-order valence-electron chi connectivity index (χ2n) is 6.19. The van der Waals surface area contributed by atoms with Crippen LogP contribution in [0.4, 0.5) is 5.69 Å². The molecule has 1 atom stereocenters. The highest BCUT2D eigenvalue weighted by molar-refractivity contribution is 6.06. The third-order valence-corrected chi connectivity index (χ3v) is 4.29. The van der Waals surface area contributed by atoms with E-state index in [2.05, 4.69) is 5.32 Å². The predicted octanol–water partition coefficient (Wildman–Crippen LogP) is 2.61. The second kappa shape index (κ2) is 7.47. The van der Waals surface area contributed by atoms with Crippen molar-refractivity contribution >= 4 is 17.5 Å². The Morgan fingerprint density at radius 2 is 1.92 bits per heavy atom. The number of hydrogen-bond donors (Lipinski definition) is 1. The van der Waals surface area contributed by atoms with Gasteiger partial charge in [-0.05, 0) is 25.1 Å². The van der Waals surface area contributed by atoms with Crippen molar-refractivity contribution in [1.82, 2.24) is 5.32 Å². The van der Waals surface area contributed by atoms with Crippen molar-refractivity contribution < 1.29 is 19.1 Å². The molecule has 2 aromatic rings. The molecule has 0 fully saturated rings. The number of anilines is 1. The molecule has 1 heterocycles. The van der Waals surface area contributed by atoms with Crippen LogP contribution in [-0.4, -0.2) is 32.1 Å². The molecular formula is C20H22N2O4. The summed E-state index contributed by atoms with van der Waals surface area (Å²) in [5.41, 5.74) is 2.67. The Hall–Kier alpha value is -3.02. The highest BCUT2D eigenvalue weighted by Crippen LogP contribution is 2.36. The van der Waals surface area contributed by atoms with Crippen LogP contribution in [0.25, 0.3) is 0 Å². The summed E-state index contributed by atoms with van der Waals surface area (Å²) in [5, 5.41) is 2.74. The van der Waals surface area contributed by atoms with Crippen molar-refractivity contribution in [3.63, 3.8) is 0 Å². The van der Waals surface area contributed by atoms with Gasteiger partial charge in [0.05, 0.1) is 13.7 Å². The van der Waals surface area contributed by atoms with Gasteiger partial charge in [-0.2, -0.15) is 0 Å². The molecule has 1 aliphatic heterocycles. The number of fused-ring (bicyclic) bond motifs is 1. The standard InChI is InChI=1S/C20H22N2O4/c1-13-8-9-16-15(12-13)19(21-14(2)23)20(24)22(16)10-11-26-18-7-5-4-6-17(18)25-3/h4-9,12,19H,10-11H2,1-3H3,(H,21,23)/t19-/m1/s1. The van der Waals surface area contributed by atoms with Gasteiger partial charge in [-0.25, -0.2) is 0 Å². The number of hydrogen-bond acceptors (Lipinski definition) is 4. The topological polar surface area (TPSA) is 67.9 Å². The third-order valence-electron chi connectivity index (χ3n) is 4.29. The smallest absolute Gasteiger partial charge is 0.254 e. The van der Waals surface area contributed by atoms with Gasteiger partial charge in [0.1, 0.15) is 12.6 Å². The van der Waals surface area contributed by atoms with Gasteiger partial charge < -0.3 is 19.7 Å². The van der Waals surface area contributed by atoms with Crippen LogP contribution >= 0.6 is 0 Å². The molecule has 0 saturated carbocycles. The molecule has 3 rings (SSSR count). The average molecular weight is 354 g/mol. The predicted molar refractivity (Wildman–Crippen MR) is 98.6 cm³/mol. The Morgan fingerprint density at radius 1 is 1.19 bits per heavy atom. The summed E-state index contributed by atoms with van der Waals surface area (Å²) in [6.45, 7) is 4.06. The fraction of sp³-hybridized carbons (Fsp3) is 0.300. The summed E-state index contributed by atoms with van der Waals surface area (Å²) < 4.78 is 11.1. The SMILES string of the molecule is COc1ccccc1OCCN1C(=O)[C@H](NC(C)=O)c2cc(C)ccc21. The van der Waals surface area contributed by atoms with Crippen molar-refractivity contribution in [2.75, 3.05) is 25.2 Å². The van der Waals surface area contributed by atoms with Crippen molar-refractivity contribution in [1.29, 1.82) is 0 Å². The van der Waals surface area contributed by atoms with Crippen molar-refractivity contribution in [3.8, 4) is 11.5 Å². The number of aryl methyl sites for hydroxylation is 1. The Balaban J connectivity index is 1.76. The lowest BCUT2D eigenvalue weighted by Gasteiger charge is -2.19. The number of para-hydroxylation sites is 2. The van der Waals surface area contributed by atoms with Crippen molar-refractivity contribution in [2.45, 2.75) is 19.9 Å². The number of amides is 2. The van der Waals surface area contributed by atoms with Crippen LogP contribution in [0, 0.1) is 6.92 Å². The molecule has 2 aromatic carbocycles. The fourth-order valence-electron chi connectivity index (χ4n) is 3.12. The molecule has 2 amide bonds. The summed E-state index contributed by atoms with van der Waals surface area (Å²) in [6, 6.07) is 12.5. The van der Waals surface area contributed by atoms with Crippen LogP contribution in [-0.2, 0) is 9.59 Å². The first kappa shape index (κ1) is 17.8. The minimum absolute atomic E-state index is 0.149. The summed E-state index contributed by atoms with van der Waals surface area (Å²) in [6.07, 6.45) is 0. The highest BCUT2D eigenvalue weighted by Gasteiger charge is 2.37. The number of methoxy groups -OCH3 is 1. The number of benzene rings is 2. The largest absolute Gasteiger partial charge is 0.493 e. The monoisotopic (exact) mass is 354 g/mol. The Labute approximate surface area is 152 Å². The maximum absolute atomic E-state index is 12.8. The van der Waals surface area contributed by atoms with Crippen molar-refractivity contribution in [3.05, 3.63) is 53.6 Å². The van der Waals surface area contributed by atoms with Crippen LogP contribution in [0.15, 0.2) is 42.5 Å². The van der Waals surface area contributed by atoms with E-state index in [1.165, 1.54) is 6.92 Å². The van der Waals surface area contributed by atoms with Crippen LogP contribution in [0.1, 0.15) is 24.1 Å². The normalized spacial score (nSPS) is 15.6. The zero-order valence-electron chi connectivity index (χ0n) is 15.1. The summed E-state index contributed by atoms with van der Waals surface area (Å²) in [4.78, 5) is 26.0. The van der Waals surface area contributed by atoms with E-state index in [0.29, 0.717) is 24.7 Å². The van der Waals surface area contributed by atoms with Gasteiger partial charge >= 0.3 is 0 Å². The Kier molecular flexibility index (Phi) is 5.11. The van der Waals surface area contributed by atoms with E-state index >= 15 is 0 Å². The first-order valence-electron chi connectivity index (χ1n) is 8.46. The van der Waals surface area contributed by atoms with Gasteiger partial charge in [-0.1, -0.05) is 29.8 Å². The number of rotatable bonds is 6. The summed E-state index contributed by atoms with van der Waals surface area (Å²) >= 11 is 0. The van der Waals surface area contributed by atoms with Crippen molar-refractivity contribution in [2.24, 2.45) is 0 Å². The van der Waals surface area contributed by atoms with E-state index in [4.69, 9.17) is 9.47 Å². The lowest BCUT2D eigenvalue weighted by atomic mass is 10.1. The number of nitrogens with zero attached hydrogens (tertiary/aromatic N) is 1. The first-order chi connectivity index (χ1) is 12.5. The number of ether oxygens (including phenoxy) is 2. The van der Waals surface area contributed by atoms with Gasteiger partial charge in [0.25, 0.3) is 5.91 Å². The summed E-state index contributed by atoms with van der Waals surface area (Å²) in [7, 11) is 1.59. The second-order valence-corrected chi connectivity index (χ2v) is 6.19. The van der Waals surface area contributed by atoms with E-state index < -0.39 is 6.04 Å². The van der Waals surface area contributed by atoms with Crippen LogP contribution < -0.4 is 19.7 Å². The van der Waals surface area contributed by atoms with Gasteiger partial charge in [0.15, 0.2) is 11.5 Å². The van der Waals surface area contributed by atoms with E-state index in [9.17, 15) is 9.59 Å². The highest BCUT2D eigenvalue weighted by atomic mass is 16.5. The molecule has 6 heteroatoms. The van der Waals surface area contributed by atoms with Gasteiger partial charge in [-0.15, -0.1) is 0 Å². The molecule has 0 unspecified atom stereocenters. The number of carbonyl (C=O) groups is 2. The van der Waals surface area contributed by atoms with Crippen LogP contribution in [0.3, 0.4) is 0 Å². The molecule has 26 heavy (non-hydrogen) atoms. The fourth-order valence-corrected chi connectivity index (χ4v) is 3.12. The third kappa shape index (κ3) is 3.49. The molecular weight excluding hydrogens is 332 g/mol. The molecule has 0 saturated heterocycles. The van der Waals surface area contributed by atoms with E-state index in [0.717, 1.165) is 16.8 Å². The lowest BCUT2D eigenvalue weighted by molar-refractivity contribution is -0.126. The van der Waals surface area contributed by atoms with Gasteiger partial charge in [-0.3, -0.25) is 9.59 Å². The average Bonchev–Trinajstić information content (AvgIpc) is 2.87.